The van der Waals surface area contributed by atoms with E-state index in [4.69, 9.17) is 10.5 Å². The SMILES string of the molecule is COc1cccc(C[C@H](NC(=O)[C@@H](Cc2ccccc2)NC(C)=O)C(N)=O)c1. The van der Waals surface area contributed by atoms with Gasteiger partial charge in [0.05, 0.1) is 7.11 Å². The van der Waals surface area contributed by atoms with E-state index < -0.39 is 23.9 Å². The van der Waals surface area contributed by atoms with E-state index in [2.05, 4.69) is 10.6 Å². The van der Waals surface area contributed by atoms with Gasteiger partial charge in [0.1, 0.15) is 17.8 Å². The first kappa shape index (κ1) is 21.0. The molecule has 0 fully saturated rings. The summed E-state index contributed by atoms with van der Waals surface area (Å²) in [5.74, 6) is -0.810. The van der Waals surface area contributed by atoms with Crippen molar-refractivity contribution in [3.63, 3.8) is 0 Å². The largest absolute Gasteiger partial charge is 0.497 e. The molecule has 7 heteroatoms. The van der Waals surface area contributed by atoms with Gasteiger partial charge in [-0.15, -0.1) is 0 Å². The Labute approximate surface area is 164 Å². The Bertz CT molecular complexity index is 823. The second-order valence-corrected chi connectivity index (χ2v) is 6.46. The molecule has 0 bridgehead atoms. The van der Waals surface area contributed by atoms with Crippen LogP contribution >= 0.6 is 0 Å². The number of nitrogens with one attached hydrogen (secondary N) is 2. The van der Waals surface area contributed by atoms with Crippen LogP contribution in [0.4, 0.5) is 0 Å². The Morgan fingerprint density at radius 1 is 0.929 bits per heavy atom. The van der Waals surface area contributed by atoms with Crippen LogP contribution in [0, 0.1) is 0 Å². The lowest BCUT2D eigenvalue weighted by molar-refractivity contribution is -0.130. The van der Waals surface area contributed by atoms with E-state index in [0.29, 0.717) is 12.2 Å². The third-order valence-corrected chi connectivity index (χ3v) is 4.21. The first-order chi connectivity index (χ1) is 13.4. The molecule has 4 N–H and O–H groups in total. The summed E-state index contributed by atoms with van der Waals surface area (Å²) in [6.07, 6.45) is 0.521. The van der Waals surface area contributed by atoms with Gasteiger partial charge in [0.2, 0.25) is 17.7 Å². The maximum Gasteiger partial charge on any atom is 0.243 e. The highest BCUT2D eigenvalue weighted by molar-refractivity contribution is 5.91. The summed E-state index contributed by atoms with van der Waals surface area (Å²) in [5, 5.41) is 5.29. The lowest BCUT2D eigenvalue weighted by Crippen LogP contribution is -2.54. The van der Waals surface area contributed by atoms with E-state index in [-0.39, 0.29) is 12.3 Å². The summed E-state index contributed by atoms with van der Waals surface area (Å²) in [5.41, 5.74) is 7.17. The molecular formula is C21H25N3O4. The van der Waals surface area contributed by atoms with E-state index in [1.54, 1.807) is 25.3 Å². The summed E-state index contributed by atoms with van der Waals surface area (Å²) in [4.78, 5) is 36.2. The van der Waals surface area contributed by atoms with Crippen molar-refractivity contribution in [2.24, 2.45) is 5.73 Å². The maximum absolute atomic E-state index is 12.8. The lowest BCUT2D eigenvalue weighted by Gasteiger charge is -2.22. The van der Waals surface area contributed by atoms with Gasteiger partial charge in [-0.1, -0.05) is 42.5 Å². The number of ether oxygens (including phenoxy) is 1. The zero-order chi connectivity index (χ0) is 20.5. The second-order valence-electron chi connectivity index (χ2n) is 6.46. The topological polar surface area (TPSA) is 111 Å². The molecule has 2 aromatic rings. The smallest absolute Gasteiger partial charge is 0.243 e. The Hall–Kier alpha value is -3.35. The van der Waals surface area contributed by atoms with Crippen LogP contribution in [0.5, 0.6) is 5.75 Å². The van der Waals surface area contributed by atoms with Crippen LogP contribution in [-0.4, -0.2) is 36.9 Å². The highest BCUT2D eigenvalue weighted by Gasteiger charge is 2.25. The molecule has 0 aliphatic heterocycles. The van der Waals surface area contributed by atoms with E-state index in [1.165, 1.54) is 6.92 Å². The Balaban J connectivity index is 2.12. The van der Waals surface area contributed by atoms with Crippen molar-refractivity contribution in [2.75, 3.05) is 7.11 Å². The van der Waals surface area contributed by atoms with Crippen molar-refractivity contribution in [1.29, 1.82) is 0 Å². The van der Waals surface area contributed by atoms with Gasteiger partial charge in [-0.05, 0) is 23.3 Å². The molecule has 0 saturated carbocycles. The number of hydrogen-bond acceptors (Lipinski definition) is 4. The van der Waals surface area contributed by atoms with E-state index in [0.717, 1.165) is 11.1 Å². The molecule has 0 heterocycles. The van der Waals surface area contributed by atoms with Crippen LogP contribution in [0.3, 0.4) is 0 Å². The van der Waals surface area contributed by atoms with Crippen molar-refractivity contribution in [1.82, 2.24) is 10.6 Å². The number of primary amides is 1. The molecule has 2 atom stereocenters. The summed E-state index contributed by atoms with van der Waals surface area (Å²) in [7, 11) is 1.55. The average molecular weight is 383 g/mol. The number of nitrogens with two attached hydrogens (primary N) is 1. The number of rotatable bonds is 9. The maximum atomic E-state index is 12.8. The summed E-state index contributed by atoms with van der Waals surface area (Å²) in [6.45, 7) is 1.34. The number of carbonyl (C=O) groups excluding carboxylic acids is 3. The molecule has 7 nitrogen and oxygen atoms in total. The van der Waals surface area contributed by atoms with Crippen LogP contribution in [0.15, 0.2) is 54.6 Å². The van der Waals surface area contributed by atoms with Crippen molar-refractivity contribution in [3.8, 4) is 5.75 Å². The van der Waals surface area contributed by atoms with Crippen molar-refractivity contribution in [2.45, 2.75) is 31.8 Å². The highest BCUT2D eigenvalue weighted by Crippen LogP contribution is 2.14. The molecule has 0 unspecified atom stereocenters. The fraction of sp³-hybridized carbons (Fsp3) is 0.286. The minimum absolute atomic E-state index is 0.219. The molecule has 0 radical (unpaired) electrons. The monoisotopic (exact) mass is 383 g/mol. The Kier molecular flexibility index (Phi) is 7.56. The number of benzene rings is 2. The number of amides is 3. The molecule has 148 valence electrons. The van der Waals surface area contributed by atoms with Crippen LogP contribution < -0.4 is 21.1 Å². The molecule has 0 aliphatic carbocycles. The van der Waals surface area contributed by atoms with Crippen LogP contribution in [0.1, 0.15) is 18.1 Å². The Morgan fingerprint density at radius 2 is 1.57 bits per heavy atom. The third kappa shape index (κ3) is 6.42. The van der Waals surface area contributed by atoms with Crippen molar-refractivity contribution in [3.05, 3.63) is 65.7 Å². The summed E-state index contributed by atoms with van der Waals surface area (Å²) >= 11 is 0. The van der Waals surface area contributed by atoms with Crippen LogP contribution in [0.2, 0.25) is 0 Å². The van der Waals surface area contributed by atoms with Gasteiger partial charge in [0.25, 0.3) is 0 Å². The normalized spacial score (nSPS) is 12.5. The minimum atomic E-state index is -0.911. The number of carbonyl (C=O) groups is 3. The van der Waals surface area contributed by atoms with Gasteiger partial charge in [-0.3, -0.25) is 14.4 Å². The summed E-state index contributed by atoms with van der Waals surface area (Å²) < 4.78 is 5.18. The standard InChI is InChI=1S/C21H25N3O4/c1-14(25)23-19(12-15-7-4-3-5-8-15)21(27)24-18(20(22)26)13-16-9-6-10-17(11-16)28-2/h3-11,18-19H,12-13H2,1-2H3,(H2,22,26)(H,23,25)(H,24,27)/t18-,19+/m0/s1. The zero-order valence-electron chi connectivity index (χ0n) is 16.0. The van der Waals surface area contributed by atoms with E-state index in [1.807, 2.05) is 36.4 Å². The molecule has 0 saturated heterocycles. The quantitative estimate of drug-likeness (QED) is 0.599. The average Bonchev–Trinajstić information content (AvgIpc) is 2.67. The van der Waals surface area contributed by atoms with Gasteiger partial charge in [-0.25, -0.2) is 0 Å². The van der Waals surface area contributed by atoms with E-state index in [9.17, 15) is 14.4 Å². The van der Waals surface area contributed by atoms with Gasteiger partial charge in [0, 0.05) is 19.8 Å². The molecule has 0 aliphatic rings. The van der Waals surface area contributed by atoms with Crippen molar-refractivity contribution >= 4 is 17.7 Å². The third-order valence-electron chi connectivity index (χ3n) is 4.21. The molecular weight excluding hydrogens is 358 g/mol. The minimum Gasteiger partial charge on any atom is -0.497 e. The molecule has 28 heavy (non-hydrogen) atoms. The molecule has 3 amide bonds. The van der Waals surface area contributed by atoms with Gasteiger partial charge in [-0.2, -0.15) is 0 Å². The highest BCUT2D eigenvalue weighted by atomic mass is 16.5. The zero-order valence-corrected chi connectivity index (χ0v) is 16.0. The molecule has 2 rings (SSSR count). The molecule has 0 aromatic heterocycles. The molecule has 0 spiro atoms. The lowest BCUT2D eigenvalue weighted by atomic mass is 10.0. The first-order valence-electron chi connectivity index (χ1n) is 8.92. The number of hydrogen-bond donors (Lipinski definition) is 3. The van der Waals surface area contributed by atoms with E-state index >= 15 is 0 Å². The fourth-order valence-corrected chi connectivity index (χ4v) is 2.83. The summed E-state index contributed by atoms with van der Waals surface area (Å²) in [6, 6.07) is 14.8. The van der Waals surface area contributed by atoms with Crippen molar-refractivity contribution < 1.29 is 19.1 Å². The van der Waals surface area contributed by atoms with Gasteiger partial charge in [0.15, 0.2) is 0 Å². The van der Waals surface area contributed by atoms with Crippen LogP contribution in [0.25, 0.3) is 0 Å². The van der Waals surface area contributed by atoms with Crippen LogP contribution in [-0.2, 0) is 27.2 Å². The predicted molar refractivity (Wildman–Crippen MR) is 106 cm³/mol. The fourth-order valence-electron chi connectivity index (χ4n) is 2.83. The molecule has 2 aromatic carbocycles. The van der Waals surface area contributed by atoms with Gasteiger partial charge >= 0.3 is 0 Å². The second kappa shape index (κ2) is 10.1. The Morgan fingerprint density at radius 3 is 2.18 bits per heavy atom. The van der Waals surface area contributed by atoms with Gasteiger partial charge < -0.3 is 21.1 Å². The predicted octanol–water partition coefficient (Wildman–Crippen LogP) is 0.955. The first-order valence-corrected chi connectivity index (χ1v) is 8.92. The number of methoxy groups -OCH3 is 1.